The minimum Gasteiger partial charge on any atom is -0.353 e. The van der Waals surface area contributed by atoms with Crippen LogP contribution >= 0.6 is 0 Å². The molecule has 8 heteroatoms. The van der Waals surface area contributed by atoms with Crippen molar-refractivity contribution in [1.29, 1.82) is 0 Å². The molecule has 132 valence electrons. The third kappa shape index (κ3) is 2.68. The van der Waals surface area contributed by atoms with Gasteiger partial charge >= 0.3 is 0 Å². The molecule has 1 fully saturated rings. The molecule has 4 aromatic heterocycles. The third-order valence-corrected chi connectivity index (χ3v) is 4.98. The van der Waals surface area contributed by atoms with E-state index in [-0.39, 0.29) is 0 Å². The fourth-order valence-electron chi connectivity index (χ4n) is 3.53. The number of hydrogen-bond acceptors (Lipinski definition) is 6. The lowest BCUT2D eigenvalue weighted by Crippen LogP contribution is -2.46. The number of hydrogen-bond donors (Lipinski definition) is 0. The van der Waals surface area contributed by atoms with Crippen molar-refractivity contribution in [1.82, 2.24) is 34.1 Å². The molecule has 5 heterocycles. The van der Waals surface area contributed by atoms with E-state index in [0.29, 0.717) is 0 Å². The first kappa shape index (κ1) is 15.3. The lowest BCUT2D eigenvalue weighted by atomic mass is 10.3. The Morgan fingerprint density at radius 3 is 2.73 bits per heavy atom. The van der Waals surface area contributed by atoms with Gasteiger partial charge in [-0.1, -0.05) is 6.07 Å². The van der Waals surface area contributed by atoms with Gasteiger partial charge in [0.15, 0.2) is 5.65 Å². The zero-order valence-electron chi connectivity index (χ0n) is 14.7. The van der Waals surface area contributed by atoms with Crippen LogP contribution in [0.25, 0.3) is 11.3 Å². The molecule has 0 aromatic carbocycles. The Morgan fingerprint density at radius 1 is 1.00 bits per heavy atom. The van der Waals surface area contributed by atoms with Gasteiger partial charge in [-0.05, 0) is 31.2 Å². The van der Waals surface area contributed by atoms with Gasteiger partial charge in [-0.25, -0.2) is 4.98 Å². The molecule has 1 aliphatic rings. The average Bonchev–Trinajstić information content (AvgIpc) is 3.29. The van der Waals surface area contributed by atoms with Crippen molar-refractivity contribution in [3.8, 4) is 0 Å². The molecule has 0 bridgehead atoms. The highest BCUT2D eigenvalue weighted by atomic mass is 15.4. The maximum Gasteiger partial charge on any atom is 0.177 e. The zero-order chi connectivity index (χ0) is 17.5. The summed E-state index contributed by atoms with van der Waals surface area (Å²) >= 11 is 0. The standard InChI is InChI=1S/C18H20N8/c1-14-3-2-4-16-20-15(12-25(14)16)11-23-7-9-24(10-8-23)18-6-5-17-21-19-13-26(17)22-18/h2-6,12-13H,7-11H2,1H3. The summed E-state index contributed by atoms with van der Waals surface area (Å²) in [5.74, 6) is 0.973. The van der Waals surface area contributed by atoms with Crippen LogP contribution in [0.1, 0.15) is 11.4 Å². The third-order valence-electron chi connectivity index (χ3n) is 4.98. The summed E-state index contributed by atoms with van der Waals surface area (Å²) in [6.45, 7) is 6.88. The van der Waals surface area contributed by atoms with E-state index >= 15 is 0 Å². The number of aromatic nitrogens is 6. The molecule has 26 heavy (non-hydrogen) atoms. The molecule has 0 unspecified atom stereocenters. The van der Waals surface area contributed by atoms with E-state index < -0.39 is 0 Å². The molecule has 1 aliphatic heterocycles. The lowest BCUT2D eigenvalue weighted by Gasteiger charge is -2.34. The quantitative estimate of drug-likeness (QED) is 0.558. The molecule has 5 rings (SSSR count). The molecule has 4 aromatic rings. The second-order valence-corrected chi connectivity index (χ2v) is 6.72. The zero-order valence-corrected chi connectivity index (χ0v) is 14.7. The van der Waals surface area contributed by atoms with Gasteiger partial charge in [-0.3, -0.25) is 4.90 Å². The van der Waals surface area contributed by atoms with Crippen LogP contribution in [0.3, 0.4) is 0 Å². The van der Waals surface area contributed by atoms with Crippen LogP contribution in [-0.4, -0.2) is 60.3 Å². The van der Waals surface area contributed by atoms with Crippen molar-refractivity contribution in [3.05, 3.63) is 54.2 Å². The minimum atomic E-state index is 0.773. The summed E-state index contributed by atoms with van der Waals surface area (Å²) in [5, 5.41) is 12.5. The second-order valence-electron chi connectivity index (χ2n) is 6.72. The Bertz CT molecular complexity index is 1060. The topological polar surface area (TPSA) is 66.9 Å². The van der Waals surface area contributed by atoms with Gasteiger partial charge < -0.3 is 9.30 Å². The van der Waals surface area contributed by atoms with E-state index in [1.165, 1.54) is 5.69 Å². The van der Waals surface area contributed by atoms with Gasteiger partial charge in [0.1, 0.15) is 17.8 Å². The summed E-state index contributed by atoms with van der Waals surface area (Å²) in [6, 6.07) is 10.2. The SMILES string of the molecule is Cc1cccc2nc(CN3CCN(c4ccc5nncn5n4)CC3)cn12. The molecule has 0 radical (unpaired) electrons. The fourth-order valence-corrected chi connectivity index (χ4v) is 3.53. The van der Waals surface area contributed by atoms with E-state index in [1.807, 2.05) is 12.1 Å². The lowest BCUT2D eigenvalue weighted by molar-refractivity contribution is 0.247. The van der Waals surface area contributed by atoms with E-state index in [4.69, 9.17) is 4.98 Å². The van der Waals surface area contributed by atoms with Crippen LogP contribution in [0.15, 0.2) is 42.9 Å². The van der Waals surface area contributed by atoms with Crippen molar-refractivity contribution in [2.24, 2.45) is 0 Å². The summed E-state index contributed by atoms with van der Waals surface area (Å²) < 4.78 is 3.88. The number of anilines is 1. The number of fused-ring (bicyclic) bond motifs is 2. The smallest absolute Gasteiger partial charge is 0.177 e. The molecular weight excluding hydrogens is 328 g/mol. The fraction of sp³-hybridized carbons (Fsp3) is 0.333. The Balaban J connectivity index is 1.26. The number of pyridine rings is 1. The van der Waals surface area contributed by atoms with Crippen LogP contribution in [0.5, 0.6) is 0 Å². The first-order valence-corrected chi connectivity index (χ1v) is 8.84. The number of imidazole rings is 1. The highest BCUT2D eigenvalue weighted by molar-refractivity contribution is 5.45. The molecule has 1 saturated heterocycles. The summed E-state index contributed by atoms with van der Waals surface area (Å²) in [5.41, 5.74) is 4.12. The Morgan fingerprint density at radius 2 is 1.88 bits per heavy atom. The monoisotopic (exact) mass is 348 g/mol. The van der Waals surface area contributed by atoms with Crippen molar-refractivity contribution in [2.75, 3.05) is 31.1 Å². The second kappa shape index (κ2) is 6.06. The van der Waals surface area contributed by atoms with Crippen molar-refractivity contribution >= 4 is 17.1 Å². The molecule has 0 N–H and O–H groups in total. The maximum atomic E-state index is 4.75. The molecule has 0 amide bonds. The van der Waals surface area contributed by atoms with Crippen molar-refractivity contribution in [2.45, 2.75) is 13.5 Å². The van der Waals surface area contributed by atoms with E-state index in [0.717, 1.165) is 55.5 Å². The highest BCUT2D eigenvalue weighted by Gasteiger charge is 2.19. The van der Waals surface area contributed by atoms with E-state index in [1.54, 1.807) is 10.8 Å². The number of nitrogens with zero attached hydrogens (tertiary/aromatic N) is 8. The van der Waals surface area contributed by atoms with E-state index in [9.17, 15) is 0 Å². The van der Waals surface area contributed by atoms with Gasteiger partial charge in [-0.2, -0.15) is 4.52 Å². The molecular formula is C18H20N8. The molecule has 0 atom stereocenters. The van der Waals surface area contributed by atoms with Crippen LogP contribution < -0.4 is 4.90 Å². The number of piperazine rings is 1. The predicted octanol–water partition coefficient (Wildman–Crippen LogP) is 1.40. The highest BCUT2D eigenvalue weighted by Crippen LogP contribution is 2.16. The predicted molar refractivity (Wildman–Crippen MR) is 98.2 cm³/mol. The van der Waals surface area contributed by atoms with Crippen LogP contribution in [0, 0.1) is 6.92 Å². The molecule has 8 nitrogen and oxygen atoms in total. The first-order chi connectivity index (χ1) is 12.8. The van der Waals surface area contributed by atoms with Gasteiger partial charge in [0.2, 0.25) is 0 Å². The number of rotatable bonds is 3. The van der Waals surface area contributed by atoms with Crippen LogP contribution in [0.4, 0.5) is 5.82 Å². The van der Waals surface area contributed by atoms with Crippen molar-refractivity contribution in [3.63, 3.8) is 0 Å². The molecule has 0 aliphatic carbocycles. The van der Waals surface area contributed by atoms with Gasteiger partial charge in [0, 0.05) is 44.6 Å². The normalized spacial score (nSPS) is 16.0. The average molecular weight is 348 g/mol. The summed E-state index contributed by atoms with van der Waals surface area (Å²) in [6.07, 6.45) is 3.79. The summed E-state index contributed by atoms with van der Waals surface area (Å²) in [4.78, 5) is 9.51. The van der Waals surface area contributed by atoms with Gasteiger partial charge in [0.05, 0.1) is 5.69 Å². The molecule has 0 saturated carbocycles. The summed E-state index contributed by atoms with van der Waals surface area (Å²) in [7, 11) is 0. The number of aryl methyl sites for hydroxylation is 1. The first-order valence-electron chi connectivity index (χ1n) is 8.84. The van der Waals surface area contributed by atoms with E-state index in [2.05, 4.69) is 60.8 Å². The maximum absolute atomic E-state index is 4.75. The van der Waals surface area contributed by atoms with Crippen molar-refractivity contribution < 1.29 is 0 Å². The molecule has 0 spiro atoms. The minimum absolute atomic E-state index is 0.773. The Hall–Kier alpha value is -3.00. The Labute approximate surface area is 150 Å². The Kier molecular flexibility index (Phi) is 3.56. The van der Waals surface area contributed by atoms with Crippen LogP contribution in [-0.2, 0) is 6.54 Å². The van der Waals surface area contributed by atoms with Gasteiger partial charge in [-0.15, -0.1) is 15.3 Å². The van der Waals surface area contributed by atoms with Gasteiger partial charge in [0.25, 0.3) is 0 Å². The van der Waals surface area contributed by atoms with Crippen LogP contribution in [0.2, 0.25) is 0 Å². The largest absolute Gasteiger partial charge is 0.353 e.